The van der Waals surface area contributed by atoms with Crippen molar-refractivity contribution in [2.45, 2.75) is 12.4 Å². The molecule has 0 amide bonds. The molecule has 1 aliphatic rings. The molecule has 1 atom stereocenters. The van der Waals surface area contributed by atoms with Crippen LogP contribution < -0.4 is 15.0 Å². The molecular weight excluding hydrogens is 290 g/mol. The fraction of sp³-hybridized carbons (Fsp3) is 0.333. The largest absolute Gasteiger partial charge is 0.405 e. The Kier molecular flexibility index (Phi) is 3.94. The van der Waals surface area contributed by atoms with Crippen LogP contribution in [0.1, 0.15) is 6.92 Å². The van der Waals surface area contributed by atoms with Crippen molar-refractivity contribution >= 4 is 34.2 Å². The maximum absolute atomic E-state index is 11.3. The van der Waals surface area contributed by atoms with Crippen molar-refractivity contribution in [2.75, 3.05) is 24.5 Å². The number of rotatable bonds is 2. The molecule has 6 heteroatoms. The standard InChI is InChI=1S/C15H16ClN3O2/c1-10(20)21-15-13(19-7-6-17-9-14(19)16)8-11-4-2-3-5-12(11)18-15/h2-5,8,14,17H,6-7,9H2,1H3. The summed E-state index contributed by atoms with van der Waals surface area (Å²) < 4.78 is 5.28. The third-order valence-corrected chi connectivity index (χ3v) is 3.79. The Balaban J connectivity index is 2.10. The minimum absolute atomic E-state index is 0.198. The van der Waals surface area contributed by atoms with Crippen LogP contribution in [0.4, 0.5) is 5.69 Å². The summed E-state index contributed by atoms with van der Waals surface area (Å²) in [5, 5.41) is 4.22. The van der Waals surface area contributed by atoms with E-state index in [9.17, 15) is 4.79 Å². The Morgan fingerprint density at radius 2 is 2.29 bits per heavy atom. The molecule has 21 heavy (non-hydrogen) atoms. The van der Waals surface area contributed by atoms with Gasteiger partial charge in [0.1, 0.15) is 11.2 Å². The van der Waals surface area contributed by atoms with Crippen LogP contribution in [0.25, 0.3) is 10.9 Å². The van der Waals surface area contributed by atoms with Crippen molar-refractivity contribution < 1.29 is 9.53 Å². The van der Waals surface area contributed by atoms with Crippen molar-refractivity contribution in [3.8, 4) is 5.88 Å². The number of hydrogen-bond acceptors (Lipinski definition) is 5. The van der Waals surface area contributed by atoms with Crippen LogP contribution in [0.2, 0.25) is 0 Å². The Labute approximate surface area is 127 Å². The number of pyridine rings is 1. The van der Waals surface area contributed by atoms with E-state index >= 15 is 0 Å². The topological polar surface area (TPSA) is 54.5 Å². The predicted octanol–water partition coefficient (Wildman–Crippen LogP) is 2.13. The summed E-state index contributed by atoms with van der Waals surface area (Å²) in [5.41, 5.74) is 1.35. The Bertz CT molecular complexity index is 677. The molecule has 0 spiro atoms. The minimum atomic E-state index is -0.389. The lowest BCUT2D eigenvalue weighted by atomic mass is 10.2. The average molecular weight is 306 g/mol. The maximum atomic E-state index is 11.3. The SMILES string of the molecule is CC(=O)Oc1nc2ccccc2cc1N1CCNCC1Cl. The second-order valence-electron chi connectivity index (χ2n) is 4.93. The number of ether oxygens (including phenoxy) is 1. The molecule has 1 N–H and O–H groups in total. The molecule has 1 aliphatic heterocycles. The zero-order chi connectivity index (χ0) is 14.8. The predicted molar refractivity (Wildman–Crippen MR) is 82.9 cm³/mol. The van der Waals surface area contributed by atoms with Crippen LogP contribution in [0.5, 0.6) is 5.88 Å². The van der Waals surface area contributed by atoms with Gasteiger partial charge in [-0.3, -0.25) is 4.79 Å². The maximum Gasteiger partial charge on any atom is 0.309 e. The van der Waals surface area contributed by atoms with E-state index in [1.54, 1.807) is 0 Å². The van der Waals surface area contributed by atoms with Crippen molar-refractivity contribution in [1.82, 2.24) is 10.3 Å². The van der Waals surface area contributed by atoms with E-state index in [0.717, 1.165) is 29.7 Å². The lowest BCUT2D eigenvalue weighted by Crippen LogP contribution is -2.48. The van der Waals surface area contributed by atoms with Crippen molar-refractivity contribution in [2.24, 2.45) is 0 Å². The highest BCUT2D eigenvalue weighted by Gasteiger charge is 2.24. The smallest absolute Gasteiger partial charge is 0.309 e. The van der Waals surface area contributed by atoms with Gasteiger partial charge in [-0.1, -0.05) is 29.8 Å². The normalized spacial score (nSPS) is 18.8. The van der Waals surface area contributed by atoms with Gasteiger partial charge in [0, 0.05) is 31.9 Å². The number of alkyl halides is 1. The summed E-state index contributed by atoms with van der Waals surface area (Å²) in [5.74, 6) is -0.0750. The highest BCUT2D eigenvalue weighted by molar-refractivity contribution is 6.22. The quantitative estimate of drug-likeness (QED) is 0.523. The van der Waals surface area contributed by atoms with E-state index in [4.69, 9.17) is 16.3 Å². The monoisotopic (exact) mass is 305 g/mol. The first-order chi connectivity index (χ1) is 10.1. The van der Waals surface area contributed by atoms with E-state index in [0.29, 0.717) is 12.4 Å². The molecule has 0 aliphatic carbocycles. The number of halogens is 1. The molecule has 1 aromatic heterocycles. The van der Waals surface area contributed by atoms with Crippen LogP contribution in [-0.4, -0.2) is 36.1 Å². The lowest BCUT2D eigenvalue weighted by Gasteiger charge is -2.34. The molecule has 110 valence electrons. The third-order valence-electron chi connectivity index (χ3n) is 3.40. The molecule has 0 bridgehead atoms. The van der Waals surface area contributed by atoms with Gasteiger partial charge in [-0.2, -0.15) is 0 Å². The fourth-order valence-electron chi connectivity index (χ4n) is 2.45. The van der Waals surface area contributed by atoms with E-state index in [1.165, 1.54) is 6.92 Å². The van der Waals surface area contributed by atoms with E-state index in [2.05, 4.69) is 10.3 Å². The van der Waals surface area contributed by atoms with Crippen LogP contribution in [0.3, 0.4) is 0 Å². The number of benzene rings is 1. The summed E-state index contributed by atoms with van der Waals surface area (Å²) in [6.07, 6.45) is 0. The number of piperazine rings is 1. The molecule has 1 aromatic carbocycles. The molecule has 1 fully saturated rings. The zero-order valence-corrected chi connectivity index (χ0v) is 12.4. The van der Waals surface area contributed by atoms with Gasteiger partial charge < -0.3 is 15.0 Å². The van der Waals surface area contributed by atoms with Crippen LogP contribution in [0, 0.1) is 0 Å². The summed E-state index contributed by atoms with van der Waals surface area (Å²) in [6, 6.07) is 9.70. The molecule has 1 unspecified atom stereocenters. The van der Waals surface area contributed by atoms with Gasteiger partial charge >= 0.3 is 5.97 Å². The van der Waals surface area contributed by atoms with Crippen molar-refractivity contribution in [1.29, 1.82) is 0 Å². The second kappa shape index (κ2) is 5.87. The third kappa shape index (κ3) is 2.94. The summed E-state index contributed by atoms with van der Waals surface area (Å²) in [6.45, 7) is 3.61. The Morgan fingerprint density at radius 3 is 3.05 bits per heavy atom. The van der Waals surface area contributed by atoms with Gasteiger partial charge in [-0.25, -0.2) is 4.98 Å². The minimum Gasteiger partial charge on any atom is -0.405 e. The molecule has 1 saturated heterocycles. The van der Waals surface area contributed by atoms with E-state index < -0.39 is 0 Å². The lowest BCUT2D eigenvalue weighted by molar-refractivity contribution is -0.132. The molecule has 2 heterocycles. The number of carbonyl (C=O) groups is 1. The summed E-state index contributed by atoms with van der Waals surface area (Å²) in [4.78, 5) is 17.8. The highest BCUT2D eigenvalue weighted by atomic mass is 35.5. The van der Waals surface area contributed by atoms with Gasteiger partial charge in [0.25, 0.3) is 0 Å². The first-order valence-corrected chi connectivity index (χ1v) is 7.28. The van der Waals surface area contributed by atoms with Crippen LogP contribution in [-0.2, 0) is 4.79 Å². The number of nitrogens with one attached hydrogen (secondary N) is 1. The van der Waals surface area contributed by atoms with Crippen molar-refractivity contribution in [3.05, 3.63) is 30.3 Å². The number of aromatic nitrogens is 1. The van der Waals surface area contributed by atoms with Gasteiger partial charge in [-0.05, 0) is 12.1 Å². The second-order valence-corrected chi connectivity index (χ2v) is 5.43. The Hall–Kier alpha value is -1.85. The molecule has 0 saturated carbocycles. The van der Waals surface area contributed by atoms with Crippen molar-refractivity contribution in [3.63, 3.8) is 0 Å². The first-order valence-electron chi connectivity index (χ1n) is 6.85. The number of fused-ring (bicyclic) bond motifs is 1. The van der Waals surface area contributed by atoms with E-state index in [-0.39, 0.29) is 11.5 Å². The number of esters is 1. The number of nitrogens with zero attached hydrogens (tertiary/aromatic N) is 2. The first kappa shape index (κ1) is 14.1. The van der Waals surface area contributed by atoms with Gasteiger partial charge in [0.05, 0.1) is 5.52 Å². The van der Waals surface area contributed by atoms with Gasteiger partial charge in [0.15, 0.2) is 0 Å². The van der Waals surface area contributed by atoms with Crippen LogP contribution >= 0.6 is 11.6 Å². The molecule has 3 rings (SSSR count). The highest BCUT2D eigenvalue weighted by Crippen LogP contribution is 2.33. The average Bonchev–Trinajstić information content (AvgIpc) is 2.47. The van der Waals surface area contributed by atoms with Crippen LogP contribution in [0.15, 0.2) is 30.3 Å². The van der Waals surface area contributed by atoms with Gasteiger partial charge in [-0.15, -0.1) is 0 Å². The van der Waals surface area contributed by atoms with E-state index in [1.807, 2.05) is 35.2 Å². The Morgan fingerprint density at radius 1 is 1.48 bits per heavy atom. The number of carbonyl (C=O) groups excluding carboxylic acids is 1. The molecule has 5 nitrogen and oxygen atoms in total. The number of para-hydroxylation sites is 1. The zero-order valence-electron chi connectivity index (χ0n) is 11.7. The number of hydrogen-bond donors (Lipinski definition) is 1. The van der Waals surface area contributed by atoms with Gasteiger partial charge in [0.2, 0.25) is 5.88 Å². The summed E-state index contributed by atoms with van der Waals surface area (Å²) >= 11 is 6.37. The summed E-state index contributed by atoms with van der Waals surface area (Å²) in [7, 11) is 0. The molecule has 0 radical (unpaired) electrons. The number of anilines is 1. The molecule has 2 aromatic rings. The fourth-order valence-corrected chi connectivity index (χ4v) is 2.76. The molecular formula is C15H16ClN3O2.